The molecule has 1 atom stereocenters. The van der Waals surface area contributed by atoms with Gasteiger partial charge in [0.15, 0.2) is 11.6 Å². The summed E-state index contributed by atoms with van der Waals surface area (Å²) in [4.78, 5) is 34.3. The molecular weight excluding hydrogens is 184 g/mol. The third kappa shape index (κ3) is 1.47. The van der Waals surface area contributed by atoms with Crippen LogP contribution in [0, 0.1) is 5.41 Å². The molecule has 0 saturated heterocycles. The predicted molar refractivity (Wildman–Crippen MR) is 48.5 cm³/mol. The number of allylic oxidation sites excluding steroid dienone is 2. The van der Waals surface area contributed by atoms with Crippen LogP contribution in [0.25, 0.3) is 0 Å². The van der Waals surface area contributed by atoms with Crippen LogP contribution in [0.5, 0.6) is 0 Å². The molecule has 4 nitrogen and oxygen atoms in total. The highest BCUT2D eigenvalue weighted by atomic mass is 16.5. The Hall–Kier alpha value is -1.45. The lowest BCUT2D eigenvalue weighted by Gasteiger charge is -2.27. The number of methoxy groups -OCH3 is 1. The molecule has 0 bridgehead atoms. The van der Waals surface area contributed by atoms with Crippen LogP contribution in [0.2, 0.25) is 0 Å². The Balaban J connectivity index is 3.13. The maximum atomic E-state index is 11.7. The van der Waals surface area contributed by atoms with Crippen molar-refractivity contribution in [3.63, 3.8) is 0 Å². The van der Waals surface area contributed by atoms with Crippen LogP contribution >= 0.6 is 0 Å². The van der Waals surface area contributed by atoms with E-state index in [2.05, 4.69) is 4.74 Å². The quantitative estimate of drug-likeness (QED) is 0.456. The van der Waals surface area contributed by atoms with Crippen molar-refractivity contribution >= 4 is 17.5 Å². The van der Waals surface area contributed by atoms with Gasteiger partial charge in [0.05, 0.1) is 7.11 Å². The molecule has 0 fully saturated rings. The Bertz CT molecular complexity index is 340. The number of carbonyl (C=O) groups is 3. The molecule has 0 aromatic heterocycles. The van der Waals surface area contributed by atoms with Crippen molar-refractivity contribution in [2.75, 3.05) is 7.11 Å². The highest BCUT2D eigenvalue weighted by Crippen LogP contribution is 2.31. The molecule has 0 aromatic carbocycles. The largest absolute Gasteiger partial charge is 0.468 e. The van der Waals surface area contributed by atoms with Gasteiger partial charge >= 0.3 is 5.97 Å². The Morgan fingerprint density at radius 3 is 2.57 bits per heavy atom. The molecule has 0 amide bonds. The van der Waals surface area contributed by atoms with Gasteiger partial charge in [-0.15, -0.1) is 0 Å². The highest BCUT2D eigenvalue weighted by molar-refractivity contribution is 6.19. The molecule has 0 radical (unpaired) electrons. The van der Waals surface area contributed by atoms with Crippen molar-refractivity contribution in [2.45, 2.75) is 20.3 Å². The van der Waals surface area contributed by atoms with Gasteiger partial charge in [0.25, 0.3) is 0 Å². The zero-order valence-electron chi connectivity index (χ0n) is 8.42. The summed E-state index contributed by atoms with van der Waals surface area (Å²) in [6.07, 6.45) is 1.17. The minimum atomic E-state index is -1.33. The summed E-state index contributed by atoms with van der Waals surface area (Å²) >= 11 is 0. The molecule has 0 aliphatic heterocycles. The van der Waals surface area contributed by atoms with Gasteiger partial charge in [0.2, 0.25) is 0 Å². The fourth-order valence-electron chi connectivity index (χ4n) is 1.61. The molecule has 1 aliphatic rings. The second kappa shape index (κ2) is 3.36. The van der Waals surface area contributed by atoms with E-state index in [0.717, 1.165) is 0 Å². The van der Waals surface area contributed by atoms with Crippen molar-refractivity contribution in [1.82, 2.24) is 0 Å². The number of ether oxygens (including phenoxy) is 1. The topological polar surface area (TPSA) is 60.4 Å². The Morgan fingerprint density at radius 2 is 2.07 bits per heavy atom. The summed E-state index contributed by atoms with van der Waals surface area (Å²) in [5, 5.41) is 0. The number of esters is 1. The van der Waals surface area contributed by atoms with Crippen LogP contribution in [-0.2, 0) is 19.1 Å². The molecule has 0 heterocycles. The number of hydrogen-bond donors (Lipinski definition) is 0. The van der Waals surface area contributed by atoms with Gasteiger partial charge < -0.3 is 4.74 Å². The van der Waals surface area contributed by atoms with E-state index >= 15 is 0 Å². The number of rotatable bonds is 1. The monoisotopic (exact) mass is 196 g/mol. The lowest BCUT2D eigenvalue weighted by molar-refractivity contribution is -0.158. The molecule has 0 aromatic rings. The fourth-order valence-corrected chi connectivity index (χ4v) is 1.61. The summed E-state index contributed by atoms with van der Waals surface area (Å²) in [7, 11) is 1.21. The lowest BCUT2D eigenvalue weighted by Crippen LogP contribution is -2.42. The standard InChI is InChI=1S/C10H12O4/c1-6-4-7(11)5-10(2,8(6)12)9(13)14-3/h4H,5H2,1-3H3/t10-/m0/s1. The summed E-state index contributed by atoms with van der Waals surface area (Å²) in [6.45, 7) is 2.97. The summed E-state index contributed by atoms with van der Waals surface area (Å²) < 4.78 is 4.52. The van der Waals surface area contributed by atoms with Crippen LogP contribution in [0.4, 0.5) is 0 Å². The Morgan fingerprint density at radius 1 is 1.50 bits per heavy atom. The second-order valence-electron chi connectivity index (χ2n) is 3.62. The first-order valence-electron chi connectivity index (χ1n) is 4.26. The van der Waals surface area contributed by atoms with Gasteiger partial charge in [-0.1, -0.05) is 0 Å². The molecule has 0 saturated carbocycles. The van der Waals surface area contributed by atoms with Crippen LogP contribution in [0.1, 0.15) is 20.3 Å². The van der Waals surface area contributed by atoms with Gasteiger partial charge in [-0.3, -0.25) is 14.4 Å². The maximum Gasteiger partial charge on any atom is 0.319 e. The molecule has 0 N–H and O–H groups in total. The Kier molecular flexibility index (Phi) is 2.55. The fraction of sp³-hybridized carbons (Fsp3) is 0.500. The lowest BCUT2D eigenvalue weighted by atomic mass is 9.74. The van der Waals surface area contributed by atoms with Crippen LogP contribution in [-0.4, -0.2) is 24.6 Å². The first-order valence-corrected chi connectivity index (χ1v) is 4.26. The minimum Gasteiger partial charge on any atom is -0.468 e. The van der Waals surface area contributed by atoms with E-state index in [1.165, 1.54) is 27.0 Å². The third-order valence-corrected chi connectivity index (χ3v) is 2.40. The molecule has 4 heteroatoms. The van der Waals surface area contributed by atoms with Crippen molar-refractivity contribution in [3.8, 4) is 0 Å². The maximum absolute atomic E-state index is 11.7. The van der Waals surface area contributed by atoms with E-state index in [1.54, 1.807) is 0 Å². The number of Topliss-reactive ketones (excluding diaryl/α,β-unsaturated/α-hetero) is 1. The van der Waals surface area contributed by atoms with Crippen molar-refractivity contribution < 1.29 is 19.1 Å². The van der Waals surface area contributed by atoms with Gasteiger partial charge in [-0.05, 0) is 25.5 Å². The molecule has 0 unspecified atom stereocenters. The van der Waals surface area contributed by atoms with Gasteiger partial charge in [0, 0.05) is 6.42 Å². The number of hydrogen-bond acceptors (Lipinski definition) is 4. The smallest absolute Gasteiger partial charge is 0.319 e. The zero-order valence-corrected chi connectivity index (χ0v) is 8.42. The number of carbonyl (C=O) groups excluding carboxylic acids is 3. The minimum absolute atomic E-state index is 0.101. The van der Waals surface area contributed by atoms with Crippen molar-refractivity contribution in [2.24, 2.45) is 5.41 Å². The molecule has 1 aliphatic carbocycles. The first kappa shape index (κ1) is 10.6. The summed E-state index contributed by atoms with van der Waals surface area (Å²) in [5.74, 6) is -1.19. The summed E-state index contributed by atoms with van der Waals surface area (Å²) in [5.41, 5.74) is -1.01. The van der Waals surface area contributed by atoms with E-state index in [-0.39, 0.29) is 18.0 Å². The van der Waals surface area contributed by atoms with E-state index in [1.807, 2.05) is 0 Å². The molecule has 76 valence electrons. The van der Waals surface area contributed by atoms with E-state index in [9.17, 15) is 14.4 Å². The van der Waals surface area contributed by atoms with E-state index in [4.69, 9.17) is 0 Å². The molecular formula is C10H12O4. The van der Waals surface area contributed by atoms with Crippen LogP contribution in [0.15, 0.2) is 11.6 Å². The van der Waals surface area contributed by atoms with Gasteiger partial charge in [-0.25, -0.2) is 0 Å². The van der Waals surface area contributed by atoms with Gasteiger partial charge in [0.1, 0.15) is 5.41 Å². The third-order valence-electron chi connectivity index (χ3n) is 2.40. The normalized spacial score (nSPS) is 27.2. The van der Waals surface area contributed by atoms with Crippen LogP contribution in [0.3, 0.4) is 0 Å². The van der Waals surface area contributed by atoms with E-state index in [0.29, 0.717) is 5.57 Å². The average molecular weight is 196 g/mol. The SMILES string of the molecule is COC(=O)[C@@]1(C)CC(=O)C=C(C)C1=O. The number of ketones is 2. The Labute approximate surface area is 81.9 Å². The summed E-state index contributed by atoms with van der Waals surface area (Å²) in [6, 6.07) is 0. The average Bonchev–Trinajstić information content (AvgIpc) is 2.12. The van der Waals surface area contributed by atoms with Gasteiger partial charge in [-0.2, -0.15) is 0 Å². The predicted octanol–water partition coefficient (Wildman–Crippen LogP) is 0.654. The molecule has 0 spiro atoms. The second-order valence-corrected chi connectivity index (χ2v) is 3.62. The zero-order chi connectivity index (χ0) is 10.9. The van der Waals surface area contributed by atoms with Crippen molar-refractivity contribution in [3.05, 3.63) is 11.6 Å². The van der Waals surface area contributed by atoms with E-state index < -0.39 is 11.4 Å². The highest BCUT2D eigenvalue weighted by Gasteiger charge is 2.46. The van der Waals surface area contributed by atoms with Crippen molar-refractivity contribution in [1.29, 1.82) is 0 Å². The first-order chi connectivity index (χ1) is 6.41. The molecule has 1 rings (SSSR count). The van der Waals surface area contributed by atoms with Crippen LogP contribution < -0.4 is 0 Å². The molecule has 14 heavy (non-hydrogen) atoms.